The molecule has 1 aromatic heterocycles. The van der Waals surface area contributed by atoms with E-state index in [1.807, 2.05) is 0 Å². The van der Waals surface area contributed by atoms with Crippen LogP contribution in [0.25, 0.3) is 11.0 Å². The Kier molecular flexibility index (Phi) is 2.93. The van der Waals surface area contributed by atoms with Gasteiger partial charge in [0.05, 0.1) is 17.9 Å². The minimum Gasteiger partial charge on any atom is -0.461 e. The molecule has 90 valence electrons. The van der Waals surface area contributed by atoms with Crippen molar-refractivity contribution in [3.63, 3.8) is 0 Å². The van der Waals surface area contributed by atoms with E-state index in [2.05, 4.69) is 5.32 Å². The van der Waals surface area contributed by atoms with Crippen molar-refractivity contribution in [3.8, 4) is 0 Å². The molecule has 1 atom stereocenters. The van der Waals surface area contributed by atoms with Crippen LogP contribution >= 0.6 is 0 Å². The van der Waals surface area contributed by atoms with Crippen molar-refractivity contribution in [2.24, 2.45) is 0 Å². The van der Waals surface area contributed by atoms with Crippen molar-refractivity contribution in [2.45, 2.75) is 13.0 Å². The molecule has 1 N–H and O–H groups in total. The molecule has 17 heavy (non-hydrogen) atoms. The molecule has 1 unspecified atom stereocenters. The van der Waals surface area contributed by atoms with Crippen molar-refractivity contribution in [1.82, 2.24) is 5.32 Å². The van der Waals surface area contributed by atoms with Gasteiger partial charge in [0.25, 0.3) is 0 Å². The van der Waals surface area contributed by atoms with E-state index in [4.69, 9.17) is 4.42 Å². The average Bonchev–Trinajstić information content (AvgIpc) is 2.75. The van der Waals surface area contributed by atoms with E-state index in [-0.39, 0.29) is 5.58 Å². The highest BCUT2D eigenvalue weighted by atomic mass is 19.1. The number of likely N-dealkylation sites (N-methyl/N-ethyl adjacent to an activating group) is 1. The van der Waals surface area contributed by atoms with Crippen molar-refractivity contribution in [3.05, 3.63) is 35.6 Å². The largest absolute Gasteiger partial charge is 0.461 e. The maximum absolute atomic E-state index is 13.9. The number of nitrogens with one attached hydrogen (secondary N) is 1. The Hall–Kier alpha value is -1.75. The second kappa shape index (κ2) is 4.25. The molecule has 2 aromatic rings. The zero-order valence-corrected chi connectivity index (χ0v) is 9.38. The SMILES string of the molecule is CNC(C)C(=O)c1c(F)cc2ccoc2c1F. The Labute approximate surface area is 96.4 Å². The topological polar surface area (TPSA) is 42.2 Å². The Morgan fingerprint density at radius 2 is 2.18 bits per heavy atom. The standard InChI is InChI=1S/C12H11F2NO2/c1-6(15-2)11(16)9-8(13)5-7-3-4-17-12(7)10(9)14/h3-6,15H,1-2H3. The zero-order chi connectivity index (χ0) is 12.6. The number of fused-ring (bicyclic) bond motifs is 1. The summed E-state index contributed by atoms with van der Waals surface area (Å²) in [4.78, 5) is 11.8. The maximum Gasteiger partial charge on any atom is 0.185 e. The molecule has 1 aromatic carbocycles. The van der Waals surface area contributed by atoms with Gasteiger partial charge in [-0.05, 0) is 26.1 Å². The molecule has 0 amide bonds. The summed E-state index contributed by atoms with van der Waals surface area (Å²) in [6, 6.07) is 1.88. The van der Waals surface area contributed by atoms with Crippen LogP contribution in [0.3, 0.4) is 0 Å². The third kappa shape index (κ3) is 1.82. The Morgan fingerprint density at radius 3 is 2.82 bits per heavy atom. The number of furan rings is 1. The fraction of sp³-hybridized carbons (Fsp3) is 0.250. The van der Waals surface area contributed by atoms with Crippen LogP contribution in [0.1, 0.15) is 17.3 Å². The van der Waals surface area contributed by atoms with Gasteiger partial charge in [-0.3, -0.25) is 4.79 Å². The highest BCUT2D eigenvalue weighted by Crippen LogP contribution is 2.25. The Morgan fingerprint density at radius 1 is 1.47 bits per heavy atom. The number of ketones is 1. The number of Topliss-reactive ketones (excluding diaryl/α,β-unsaturated/α-hetero) is 1. The van der Waals surface area contributed by atoms with Gasteiger partial charge in [-0.25, -0.2) is 8.78 Å². The fourth-order valence-corrected chi connectivity index (χ4v) is 1.61. The first-order valence-corrected chi connectivity index (χ1v) is 5.13. The third-order valence-electron chi connectivity index (χ3n) is 2.71. The fourth-order valence-electron chi connectivity index (χ4n) is 1.61. The second-order valence-corrected chi connectivity index (χ2v) is 3.76. The van der Waals surface area contributed by atoms with Gasteiger partial charge in [0.2, 0.25) is 0 Å². The monoisotopic (exact) mass is 239 g/mol. The van der Waals surface area contributed by atoms with Crippen molar-refractivity contribution in [2.75, 3.05) is 7.05 Å². The molecule has 0 aliphatic heterocycles. The Balaban J connectivity index is 2.64. The number of halogens is 2. The molecule has 0 spiro atoms. The van der Waals surface area contributed by atoms with E-state index in [1.165, 1.54) is 19.3 Å². The molecule has 0 bridgehead atoms. The lowest BCUT2D eigenvalue weighted by Gasteiger charge is -2.10. The molecular weight excluding hydrogens is 228 g/mol. The normalized spacial score (nSPS) is 12.9. The molecular formula is C12H11F2NO2. The van der Waals surface area contributed by atoms with Crippen LogP contribution in [0, 0.1) is 11.6 Å². The first-order valence-electron chi connectivity index (χ1n) is 5.13. The number of hydrogen-bond acceptors (Lipinski definition) is 3. The molecule has 0 aliphatic carbocycles. The van der Waals surface area contributed by atoms with Gasteiger partial charge < -0.3 is 9.73 Å². The smallest absolute Gasteiger partial charge is 0.185 e. The van der Waals surface area contributed by atoms with Gasteiger partial charge in [-0.15, -0.1) is 0 Å². The molecule has 2 rings (SSSR count). The first kappa shape index (κ1) is 11.7. The van der Waals surface area contributed by atoms with E-state index in [0.717, 1.165) is 6.07 Å². The van der Waals surface area contributed by atoms with E-state index in [9.17, 15) is 13.6 Å². The van der Waals surface area contributed by atoms with Crippen LogP contribution < -0.4 is 5.32 Å². The third-order valence-corrected chi connectivity index (χ3v) is 2.71. The maximum atomic E-state index is 13.9. The van der Waals surface area contributed by atoms with Gasteiger partial charge in [0.15, 0.2) is 17.2 Å². The van der Waals surface area contributed by atoms with Crippen LogP contribution in [0.15, 0.2) is 22.8 Å². The van der Waals surface area contributed by atoms with Gasteiger partial charge in [0, 0.05) is 5.39 Å². The molecule has 0 aliphatic rings. The van der Waals surface area contributed by atoms with Crippen LogP contribution in [-0.2, 0) is 0 Å². The van der Waals surface area contributed by atoms with Crippen molar-refractivity contribution in [1.29, 1.82) is 0 Å². The quantitative estimate of drug-likeness (QED) is 0.837. The van der Waals surface area contributed by atoms with Gasteiger partial charge in [-0.1, -0.05) is 0 Å². The van der Waals surface area contributed by atoms with E-state index >= 15 is 0 Å². The summed E-state index contributed by atoms with van der Waals surface area (Å²) in [6.07, 6.45) is 1.25. The van der Waals surface area contributed by atoms with Crippen LogP contribution in [-0.4, -0.2) is 18.9 Å². The summed E-state index contributed by atoms with van der Waals surface area (Å²) < 4.78 is 32.5. The molecule has 0 saturated carbocycles. The summed E-state index contributed by atoms with van der Waals surface area (Å²) >= 11 is 0. The number of benzene rings is 1. The number of carbonyl (C=O) groups is 1. The molecule has 0 fully saturated rings. The molecule has 0 saturated heterocycles. The number of rotatable bonds is 3. The molecule has 0 radical (unpaired) electrons. The zero-order valence-electron chi connectivity index (χ0n) is 9.38. The molecule has 3 nitrogen and oxygen atoms in total. The van der Waals surface area contributed by atoms with E-state index in [1.54, 1.807) is 7.05 Å². The molecule has 1 heterocycles. The predicted molar refractivity (Wildman–Crippen MR) is 59.0 cm³/mol. The summed E-state index contributed by atoms with van der Waals surface area (Å²) in [5.41, 5.74) is -0.660. The highest BCUT2D eigenvalue weighted by Gasteiger charge is 2.25. The summed E-state index contributed by atoms with van der Waals surface area (Å²) in [7, 11) is 1.55. The number of carbonyl (C=O) groups excluding carboxylic acids is 1. The van der Waals surface area contributed by atoms with Gasteiger partial charge in [0.1, 0.15) is 5.82 Å². The lowest BCUT2D eigenvalue weighted by Crippen LogP contribution is -2.32. The summed E-state index contributed by atoms with van der Waals surface area (Å²) in [5.74, 6) is -2.46. The molecule has 5 heteroatoms. The van der Waals surface area contributed by atoms with Crippen LogP contribution in [0.2, 0.25) is 0 Å². The van der Waals surface area contributed by atoms with E-state index in [0.29, 0.717) is 5.39 Å². The minimum atomic E-state index is -0.947. The lowest BCUT2D eigenvalue weighted by molar-refractivity contribution is 0.0946. The van der Waals surface area contributed by atoms with Gasteiger partial charge >= 0.3 is 0 Å². The van der Waals surface area contributed by atoms with Crippen LogP contribution in [0.4, 0.5) is 8.78 Å². The highest BCUT2D eigenvalue weighted by molar-refractivity contribution is 6.02. The lowest BCUT2D eigenvalue weighted by atomic mass is 10.0. The predicted octanol–water partition coefficient (Wildman–Crippen LogP) is 2.50. The average molecular weight is 239 g/mol. The number of hydrogen-bond donors (Lipinski definition) is 1. The summed E-state index contributed by atoms with van der Waals surface area (Å²) in [6.45, 7) is 1.54. The first-order chi connectivity index (χ1) is 8.06. The van der Waals surface area contributed by atoms with Crippen molar-refractivity contribution >= 4 is 16.8 Å². The van der Waals surface area contributed by atoms with Crippen molar-refractivity contribution < 1.29 is 18.0 Å². The minimum absolute atomic E-state index is 0.0990. The van der Waals surface area contributed by atoms with Crippen LogP contribution in [0.5, 0.6) is 0 Å². The summed E-state index contributed by atoms with van der Waals surface area (Å²) in [5, 5.41) is 2.95. The second-order valence-electron chi connectivity index (χ2n) is 3.76. The van der Waals surface area contributed by atoms with E-state index < -0.39 is 29.0 Å². The van der Waals surface area contributed by atoms with Gasteiger partial charge in [-0.2, -0.15) is 0 Å². The Bertz CT molecular complexity index is 577.